The quantitative estimate of drug-likeness (QED) is 0.890. The van der Waals surface area contributed by atoms with Crippen molar-refractivity contribution >= 4 is 17.5 Å². The Balaban J connectivity index is 2.16. The molecule has 1 saturated heterocycles. The Kier molecular flexibility index (Phi) is 4.08. The number of hydrogen-bond donors (Lipinski definition) is 1. The van der Waals surface area contributed by atoms with E-state index in [9.17, 15) is 9.90 Å². The van der Waals surface area contributed by atoms with Crippen molar-refractivity contribution in [2.45, 2.75) is 25.6 Å². The van der Waals surface area contributed by atoms with Crippen LogP contribution in [0.5, 0.6) is 0 Å². The largest absolute Gasteiger partial charge is 0.394 e. The monoisotopic (exact) mass is 284 g/mol. The highest BCUT2D eigenvalue weighted by Crippen LogP contribution is 2.22. The van der Waals surface area contributed by atoms with Gasteiger partial charge in [-0.25, -0.2) is 4.98 Å². The number of aliphatic hydroxyl groups is 1. The summed E-state index contributed by atoms with van der Waals surface area (Å²) in [5.74, 6) is -0.175. The number of aromatic nitrogens is 1. The van der Waals surface area contributed by atoms with Gasteiger partial charge in [0.25, 0.3) is 5.91 Å². The fourth-order valence-corrected chi connectivity index (χ4v) is 2.32. The molecule has 0 spiro atoms. The molecule has 0 radical (unpaired) electrons. The molecule has 0 bridgehead atoms. The van der Waals surface area contributed by atoms with Crippen LogP contribution in [0.25, 0.3) is 0 Å². The van der Waals surface area contributed by atoms with Crippen molar-refractivity contribution in [2.24, 2.45) is 0 Å². The van der Waals surface area contributed by atoms with Crippen LogP contribution in [0.3, 0.4) is 0 Å². The van der Waals surface area contributed by atoms with E-state index in [2.05, 4.69) is 4.98 Å². The van der Waals surface area contributed by atoms with Gasteiger partial charge in [-0.1, -0.05) is 11.6 Å². The van der Waals surface area contributed by atoms with Crippen molar-refractivity contribution in [2.75, 3.05) is 19.7 Å². The topological polar surface area (TPSA) is 62.7 Å². The highest BCUT2D eigenvalue weighted by Gasteiger charge is 2.35. The molecular formula is C13H17ClN2O3. The summed E-state index contributed by atoms with van der Waals surface area (Å²) in [6.45, 7) is 4.51. The summed E-state index contributed by atoms with van der Waals surface area (Å²) in [7, 11) is 0. The fraction of sp³-hybridized carbons (Fsp3) is 0.538. The highest BCUT2D eigenvalue weighted by atomic mass is 35.5. The van der Waals surface area contributed by atoms with Gasteiger partial charge in [-0.05, 0) is 26.0 Å². The number of halogens is 1. The summed E-state index contributed by atoms with van der Waals surface area (Å²) < 4.78 is 5.67. The maximum atomic E-state index is 12.3. The van der Waals surface area contributed by atoms with E-state index in [0.29, 0.717) is 23.8 Å². The lowest BCUT2D eigenvalue weighted by Gasteiger charge is -2.42. The number of carbonyl (C=O) groups is 1. The number of aliphatic hydroxyl groups excluding tert-OH is 1. The summed E-state index contributed by atoms with van der Waals surface area (Å²) in [6.07, 6.45) is 1.09. The zero-order valence-electron chi connectivity index (χ0n) is 11.0. The van der Waals surface area contributed by atoms with Crippen LogP contribution >= 0.6 is 11.6 Å². The second-order valence-corrected chi connectivity index (χ2v) is 5.67. The molecule has 104 valence electrons. The molecule has 19 heavy (non-hydrogen) atoms. The van der Waals surface area contributed by atoms with E-state index >= 15 is 0 Å². The highest BCUT2D eigenvalue weighted by molar-refractivity contribution is 6.30. The zero-order chi connectivity index (χ0) is 14.0. The summed E-state index contributed by atoms with van der Waals surface area (Å²) >= 11 is 5.75. The van der Waals surface area contributed by atoms with E-state index < -0.39 is 5.60 Å². The molecule has 1 amide bonds. The average Bonchev–Trinajstić information content (AvgIpc) is 2.37. The van der Waals surface area contributed by atoms with E-state index in [4.69, 9.17) is 16.3 Å². The first-order valence-corrected chi connectivity index (χ1v) is 6.48. The van der Waals surface area contributed by atoms with Crippen LogP contribution in [0.4, 0.5) is 0 Å². The van der Waals surface area contributed by atoms with Crippen molar-refractivity contribution in [3.05, 3.63) is 29.0 Å². The molecule has 1 aliphatic heterocycles. The number of rotatable bonds is 2. The Labute approximate surface area is 117 Å². The molecule has 0 aromatic carbocycles. The van der Waals surface area contributed by atoms with Gasteiger partial charge in [0.1, 0.15) is 5.69 Å². The summed E-state index contributed by atoms with van der Waals surface area (Å²) in [5.41, 5.74) is -0.132. The van der Waals surface area contributed by atoms with Gasteiger partial charge in [-0.3, -0.25) is 4.79 Å². The van der Waals surface area contributed by atoms with E-state index in [-0.39, 0.29) is 18.6 Å². The number of morpholine rings is 1. The number of pyridine rings is 1. The normalized spacial score (nSPS) is 22.3. The number of hydrogen-bond acceptors (Lipinski definition) is 4. The molecular weight excluding hydrogens is 268 g/mol. The maximum Gasteiger partial charge on any atom is 0.272 e. The molecule has 1 N–H and O–H groups in total. The fourth-order valence-electron chi connectivity index (χ4n) is 2.21. The molecule has 0 saturated carbocycles. The molecule has 1 fully saturated rings. The SMILES string of the molecule is CC1(C)CN(C(=O)c2ccc(Cl)cn2)CC(CO)O1. The van der Waals surface area contributed by atoms with E-state index in [1.165, 1.54) is 6.20 Å². The molecule has 6 heteroatoms. The van der Waals surface area contributed by atoms with Crippen LogP contribution in [0.15, 0.2) is 18.3 Å². The molecule has 5 nitrogen and oxygen atoms in total. The van der Waals surface area contributed by atoms with Crippen LogP contribution in [0, 0.1) is 0 Å². The minimum Gasteiger partial charge on any atom is -0.394 e. The molecule has 1 aromatic rings. The first-order valence-electron chi connectivity index (χ1n) is 6.11. The molecule has 1 aromatic heterocycles. The first kappa shape index (κ1) is 14.2. The maximum absolute atomic E-state index is 12.3. The van der Waals surface area contributed by atoms with Crippen molar-refractivity contribution < 1.29 is 14.6 Å². The minimum absolute atomic E-state index is 0.110. The van der Waals surface area contributed by atoms with Crippen LogP contribution in [-0.2, 0) is 4.74 Å². The number of amides is 1. The zero-order valence-corrected chi connectivity index (χ0v) is 11.7. The predicted molar refractivity (Wildman–Crippen MR) is 71.2 cm³/mol. The lowest BCUT2D eigenvalue weighted by molar-refractivity contribution is -0.139. The molecule has 1 aliphatic rings. The standard InChI is InChI=1S/C13H17ClN2O3/c1-13(2)8-16(6-10(7-17)19-13)12(18)11-4-3-9(14)5-15-11/h3-5,10,17H,6-8H2,1-2H3. The summed E-state index contributed by atoms with van der Waals surface area (Å²) in [5, 5.41) is 9.73. The predicted octanol–water partition coefficient (Wildman–Crippen LogP) is 1.35. The third-order valence-corrected chi connectivity index (χ3v) is 3.14. The van der Waals surface area contributed by atoms with E-state index in [0.717, 1.165) is 0 Å². The molecule has 2 heterocycles. The average molecular weight is 285 g/mol. The third kappa shape index (κ3) is 3.43. The Morgan fingerprint density at radius 1 is 1.63 bits per heavy atom. The van der Waals surface area contributed by atoms with Gasteiger partial charge >= 0.3 is 0 Å². The number of carbonyl (C=O) groups excluding carboxylic acids is 1. The van der Waals surface area contributed by atoms with Gasteiger partial charge in [0.2, 0.25) is 0 Å². The Hall–Kier alpha value is -1.17. The molecule has 1 unspecified atom stereocenters. The molecule has 1 atom stereocenters. The van der Waals surface area contributed by atoms with Crippen molar-refractivity contribution in [3.8, 4) is 0 Å². The Morgan fingerprint density at radius 3 is 2.95 bits per heavy atom. The Morgan fingerprint density at radius 2 is 2.37 bits per heavy atom. The van der Waals surface area contributed by atoms with Crippen molar-refractivity contribution in [3.63, 3.8) is 0 Å². The van der Waals surface area contributed by atoms with Crippen LogP contribution in [-0.4, -0.2) is 52.3 Å². The van der Waals surface area contributed by atoms with Gasteiger partial charge in [0.05, 0.1) is 23.3 Å². The minimum atomic E-state index is -0.478. The summed E-state index contributed by atoms with van der Waals surface area (Å²) in [6, 6.07) is 3.23. The lowest BCUT2D eigenvalue weighted by Crippen LogP contribution is -2.55. The van der Waals surface area contributed by atoms with Gasteiger partial charge in [0, 0.05) is 19.3 Å². The summed E-state index contributed by atoms with van der Waals surface area (Å²) in [4.78, 5) is 18.0. The van der Waals surface area contributed by atoms with Crippen LogP contribution in [0.2, 0.25) is 5.02 Å². The number of nitrogens with zero attached hydrogens (tertiary/aromatic N) is 2. The molecule has 2 rings (SSSR count). The molecule has 0 aliphatic carbocycles. The van der Waals surface area contributed by atoms with Gasteiger partial charge in [-0.2, -0.15) is 0 Å². The van der Waals surface area contributed by atoms with E-state index in [1.54, 1.807) is 17.0 Å². The number of ether oxygens (including phenoxy) is 1. The van der Waals surface area contributed by atoms with Gasteiger partial charge in [0.15, 0.2) is 0 Å². The van der Waals surface area contributed by atoms with Crippen molar-refractivity contribution in [1.29, 1.82) is 0 Å². The van der Waals surface area contributed by atoms with E-state index in [1.807, 2.05) is 13.8 Å². The smallest absolute Gasteiger partial charge is 0.272 e. The first-order chi connectivity index (χ1) is 8.91. The Bertz CT molecular complexity index is 461. The van der Waals surface area contributed by atoms with Crippen LogP contribution in [0.1, 0.15) is 24.3 Å². The second-order valence-electron chi connectivity index (χ2n) is 5.23. The van der Waals surface area contributed by atoms with Crippen LogP contribution < -0.4 is 0 Å². The van der Waals surface area contributed by atoms with Gasteiger partial charge in [-0.15, -0.1) is 0 Å². The lowest BCUT2D eigenvalue weighted by atomic mass is 10.0. The second kappa shape index (κ2) is 5.45. The third-order valence-electron chi connectivity index (χ3n) is 2.92. The van der Waals surface area contributed by atoms with Crippen molar-refractivity contribution in [1.82, 2.24) is 9.88 Å². The van der Waals surface area contributed by atoms with Gasteiger partial charge < -0.3 is 14.7 Å².